The van der Waals surface area contributed by atoms with Crippen molar-refractivity contribution in [2.75, 3.05) is 18.0 Å². The Hall–Kier alpha value is -2.22. The van der Waals surface area contributed by atoms with Gasteiger partial charge in [0.2, 0.25) is 0 Å². The first-order valence-electron chi connectivity index (χ1n) is 4.48. The lowest BCUT2D eigenvalue weighted by molar-refractivity contribution is -0.385. The topological polar surface area (TPSA) is 135 Å². The van der Waals surface area contributed by atoms with Crippen LogP contribution in [0.15, 0.2) is 18.3 Å². The zero-order valence-electron chi connectivity index (χ0n) is 8.46. The van der Waals surface area contributed by atoms with Crippen molar-refractivity contribution in [3.05, 3.63) is 28.4 Å². The summed E-state index contributed by atoms with van der Waals surface area (Å²) in [6.07, 6.45) is 1.11. The van der Waals surface area contributed by atoms with Crippen LogP contribution < -0.4 is 16.4 Å². The number of guanidine groups is 1. The Morgan fingerprint density at radius 3 is 2.69 bits per heavy atom. The average Bonchev–Trinajstić information content (AvgIpc) is 2.25. The summed E-state index contributed by atoms with van der Waals surface area (Å²) in [5, 5.41) is 17.7. The maximum Gasteiger partial charge on any atom is 0.287 e. The Balaban J connectivity index is 2.94. The van der Waals surface area contributed by atoms with Crippen LogP contribution in [0.4, 0.5) is 11.5 Å². The van der Waals surface area contributed by atoms with Gasteiger partial charge in [0, 0.05) is 19.2 Å². The summed E-state index contributed by atoms with van der Waals surface area (Å²) in [5.74, 6) is 0.162. The molecule has 1 aromatic rings. The van der Waals surface area contributed by atoms with E-state index >= 15 is 0 Å². The van der Waals surface area contributed by atoms with Crippen LogP contribution in [0.3, 0.4) is 0 Å². The summed E-state index contributed by atoms with van der Waals surface area (Å²) in [6, 6.07) is 2.73. The number of nitrogens with zero attached hydrogens (tertiary/aromatic N) is 3. The predicted molar refractivity (Wildman–Crippen MR) is 59.2 cm³/mol. The normalized spacial score (nSPS) is 9.81. The van der Waals surface area contributed by atoms with Crippen molar-refractivity contribution >= 4 is 17.5 Å². The van der Waals surface area contributed by atoms with E-state index in [9.17, 15) is 10.1 Å². The molecule has 1 rings (SSSR count). The number of pyridine rings is 1. The molecule has 0 unspecified atom stereocenters. The molecule has 5 N–H and O–H groups in total. The Bertz CT molecular complexity index is 390. The summed E-state index contributed by atoms with van der Waals surface area (Å²) < 4.78 is 0. The van der Waals surface area contributed by atoms with Gasteiger partial charge in [-0.1, -0.05) is 0 Å². The molecule has 0 aromatic carbocycles. The van der Waals surface area contributed by atoms with Gasteiger partial charge in [-0.3, -0.25) is 20.4 Å². The number of nitrogens with two attached hydrogens (primary N) is 2. The van der Waals surface area contributed by atoms with Gasteiger partial charge in [-0.05, 0) is 6.07 Å². The van der Waals surface area contributed by atoms with Gasteiger partial charge in [0.1, 0.15) is 12.0 Å². The van der Waals surface area contributed by atoms with Crippen LogP contribution in [0.1, 0.15) is 0 Å². The lowest BCUT2D eigenvalue weighted by atomic mass is 10.4. The largest absolute Gasteiger partial charge is 0.370 e. The molecule has 0 saturated heterocycles. The smallest absolute Gasteiger partial charge is 0.287 e. The average molecular weight is 224 g/mol. The lowest BCUT2D eigenvalue weighted by Crippen LogP contribution is -2.40. The molecule has 0 amide bonds. The third kappa shape index (κ3) is 2.64. The molecule has 0 radical (unpaired) electrons. The fourth-order valence-electron chi connectivity index (χ4n) is 1.13. The number of aromatic nitrogens is 1. The van der Waals surface area contributed by atoms with Crippen LogP contribution in [0, 0.1) is 15.5 Å². The van der Waals surface area contributed by atoms with E-state index in [0.29, 0.717) is 18.9 Å². The van der Waals surface area contributed by atoms with E-state index in [1.807, 2.05) is 0 Å². The Morgan fingerprint density at radius 2 is 2.31 bits per heavy atom. The number of anilines is 1. The van der Waals surface area contributed by atoms with Crippen LogP contribution >= 0.6 is 0 Å². The van der Waals surface area contributed by atoms with E-state index in [0.717, 1.165) is 6.20 Å². The molecule has 1 heterocycles. The molecular formula is C8H12N6O2. The molecule has 0 atom stereocenters. The fourth-order valence-corrected chi connectivity index (χ4v) is 1.13. The minimum absolute atomic E-state index is 0.111. The predicted octanol–water partition coefficient (Wildman–Crippen LogP) is -0.352. The van der Waals surface area contributed by atoms with Gasteiger partial charge < -0.3 is 11.5 Å². The van der Waals surface area contributed by atoms with Crippen molar-refractivity contribution in [1.29, 1.82) is 5.41 Å². The standard InChI is InChI=1S/C8H12N6O2/c9-3-4-13(8(10)11)7-2-1-6(5-12-7)14(15)16/h1-2,5H,3-4,9H2,(H3,10,11). The third-order valence-corrected chi connectivity index (χ3v) is 1.86. The minimum atomic E-state index is -0.544. The van der Waals surface area contributed by atoms with Crippen molar-refractivity contribution in [2.45, 2.75) is 0 Å². The van der Waals surface area contributed by atoms with Crippen LogP contribution in [0.2, 0.25) is 0 Å². The molecule has 0 aliphatic carbocycles. The maximum atomic E-state index is 10.4. The maximum absolute atomic E-state index is 10.4. The van der Waals surface area contributed by atoms with E-state index in [-0.39, 0.29) is 11.6 Å². The van der Waals surface area contributed by atoms with E-state index in [1.165, 1.54) is 17.0 Å². The SMILES string of the molecule is N=C(N)N(CCN)c1ccc([N+](=O)[O-])cn1. The number of rotatable bonds is 4. The summed E-state index contributed by atoms with van der Waals surface area (Å²) in [5.41, 5.74) is 10.6. The first kappa shape index (κ1) is 11.9. The van der Waals surface area contributed by atoms with Crippen LogP contribution in [0.25, 0.3) is 0 Å². The molecule has 0 fully saturated rings. The molecule has 16 heavy (non-hydrogen) atoms. The highest BCUT2D eigenvalue weighted by molar-refractivity contribution is 5.91. The first-order valence-corrected chi connectivity index (χ1v) is 4.48. The summed E-state index contributed by atoms with van der Waals surface area (Å²) in [4.78, 5) is 15.1. The Morgan fingerprint density at radius 1 is 1.62 bits per heavy atom. The minimum Gasteiger partial charge on any atom is -0.370 e. The van der Waals surface area contributed by atoms with Gasteiger partial charge in [0.05, 0.1) is 4.92 Å². The molecule has 0 spiro atoms. The van der Waals surface area contributed by atoms with Gasteiger partial charge in [-0.15, -0.1) is 0 Å². The molecule has 0 bridgehead atoms. The van der Waals surface area contributed by atoms with Gasteiger partial charge in [-0.25, -0.2) is 4.98 Å². The Kier molecular flexibility index (Phi) is 3.72. The van der Waals surface area contributed by atoms with Gasteiger partial charge in [-0.2, -0.15) is 0 Å². The summed E-state index contributed by atoms with van der Waals surface area (Å²) in [6.45, 7) is 0.637. The highest BCUT2D eigenvalue weighted by Crippen LogP contribution is 2.14. The second-order valence-electron chi connectivity index (χ2n) is 2.96. The quantitative estimate of drug-likeness (QED) is 0.277. The van der Waals surface area contributed by atoms with Gasteiger partial charge in [0.15, 0.2) is 5.96 Å². The number of nitrogens with one attached hydrogen (secondary N) is 1. The zero-order valence-corrected chi connectivity index (χ0v) is 8.46. The fraction of sp³-hybridized carbons (Fsp3) is 0.250. The summed E-state index contributed by atoms with van der Waals surface area (Å²) >= 11 is 0. The highest BCUT2D eigenvalue weighted by Gasteiger charge is 2.12. The first-order chi connectivity index (χ1) is 7.56. The van der Waals surface area contributed by atoms with Gasteiger partial charge in [0.25, 0.3) is 5.69 Å². The molecule has 0 saturated carbocycles. The highest BCUT2D eigenvalue weighted by atomic mass is 16.6. The second-order valence-corrected chi connectivity index (χ2v) is 2.96. The zero-order chi connectivity index (χ0) is 12.1. The summed E-state index contributed by atoms with van der Waals surface area (Å²) in [7, 11) is 0. The molecular weight excluding hydrogens is 212 g/mol. The van der Waals surface area contributed by atoms with E-state index in [2.05, 4.69) is 4.98 Å². The molecule has 1 aromatic heterocycles. The molecule has 86 valence electrons. The second kappa shape index (κ2) is 5.03. The number of nitro groups is 1. The van der Waals surface area contributed by atoms with Crippen molar-refractivity contribution in [1.82, 2.24) is 4.98 Å². The molecule has 8 nitrogen and oxygen atoms in total. The molecule has 8 heteroatoms. The monoisotopic (exact) mass is 224 g/mol. The Labute approximate surface area is 91.5 Å². The van der Waals surface area contributed by atoms with Crippen molar-refractivity contribution in [2.24, 2.45) is 11.5 Å². The van der Waals surface area contributed by atoms with Crippen molar-refractivity contribution < 1.29 is 4.92 Å². The van der Waals surface area contributed by atoms with Crippen molar-refractivity contribution in [3.8, 4) is 0 Å². The number of hydrogen-bond donors (Lipinski definition) is 3. The van der Waals surface area contributed by atoms with Crippen LogP contribution in [-0.4, -0.2) is 29.0 Å². The van der Waals surface area contributed by atoms with Crippen molar-refractivity contribution in [3.63, 3.8) is 0 Å². The van der Waals surface area contributed by atoms with E-state index in [4.69, 9.17) is 16.9 Å². The van der Waals surface area contributed by atoms with E-state index < -0.39 is 4.92 Å². The third-order valence-electron chi connectivity index (χ3n) is 1.86. The van der Waals surface area contributed by atoms with Gasteiger partial charge >= 0.3 is 0 Å². The lowest BCUT2D eigenvalue weighted by Gasteiger charge is -2.20. The van der Waals surface area contributed by atoms with Crippen LogP contribution in [0.5, 0.6) is 0 Å². The molecule has 0 aliphatic heterocycles. The van der Waals surface area contributed by atoms with Crippen LogP contribution in [-0.2, 0) is 0 Å². The van der Waals surface area contributed by atoms with E-state index in [1.54, 1.807) is 0 Å². The molecule has 0 aliphatic rings. The number of hydrogen-bond acceptors (Lipinski definition) is 5.